The molecule has 2 amide bonds. The van der Waals surface area contributed by atoms with Gasteiger partial charge in [0.25, 0.3) is 5.91 Å². The van der Waals surface area contributed by atoms with Gasteiger partial charge in [-0.3, -0.25) is 4.79 Å². The lowest BCUT2D eigenvalue weighted by atomic mass is 10.0. The van der Waals surface area contributed by atoms with Crippen molar-refractivity contribution in [2.75, 3.05) is 31.6 Å². The molecule has 0 aliphatic carbocycles. The van der Waals surface area contributed by atoms with Gasteiger partial charge in [-0.25, -0.2) is 4.79 Å². The summed E-state index contributed by atoms with van der Waals surface area (Å²) in [5.41, 5.74) is 1.67. The maximum atomic E-state index is 12.5. The number of nitrogens with one attached hydrogen (secondary N) is 2. The summed E-state index contributed by atoms with van der Waals surface area (Å²) in [7, 11) is 1.37. The minimum absolute atomic E-state index is 0.0222. The summed E-state index contributed by atoms with van der Waals surface area (Å²) >= 11 is 0. The number of piperidine rings is 1. The number of hydrogen-bond acceptors (Lipinski definition) is 4. The number of benzene rings is 1. The Morgan fingerprint density at radius 1 is 1.24 bits per heavy atom. The van der Waals surface area contributed by atoms with Crippen LogP contribution in [-0.2, 0) is 4.74 Å². The lowest BCUT2D eigenvalue weighted by molar-refractivity contribution is 0.0952. The Morgan fingerprint density at radius 2 is 1.92 bits per heavy atom. The Kier molecular flexibility index (Phi) is 7.10. The first-order valence-corrected chi connectivity index (χ1v) is 8.98. The first kappa shape index (κ1) is 19.1. The fraction of sp³-hybridized carbons (Fsp3) is 0.579. The van der Waals surface area contributed by atoms with Crippen LogP contribution in [0.4, 0.5) is 10.5 Å². The molecule has 1 aromatic carbocycles. The van der Waals surface area contributed by atoms with Crippen molar-refractivity contribution in [3.8, 4) is 0 Å². The molecule has 1 saturated heterocycles. The first-order valence-electron chi connectivity index (χ1n) is 8.98. The second kappa shape index (κ2) is 9.30. The van der Waals surface area contributed by atoms with Gasteiger partial charge in [0.1, 0.15) is 0 Å². The van der Waals surface area contributed by atoms with Gasteiger partial charge in [-0.1, -0.05) is 26.0 Å². The highest BCUT2D eigenvalue weighted by Gasteiger charge is 2.23. The second-order valence-electron chi connectivity index (χ2n) is 6.85. The summed E-state index contributed by atoms with van der Waals surface area (Å²) < 4.78 is 4.65. The molecule has 1 heterocycles. The van der Waals surface area contributed by atoms with E-state index in [1.807, 2.05) is 24.3 Å². The van der Waals surface area contributed by atoms with Crippen LogP contribution in [0.2, 0.25) is 0 Å². The van der Waals surface area contributed by atoms with E-state index in [-0.39, 0.29) is 18.0 Å². The van der Waals surface area contributed by atoms with E-state index >= 15 is 0 Å². The van der Waals surface area contributed by atoms with Crippen molar-refractivity contribution >= 4 is 17.7 Å². The first-order chi connectivity index (χ1) is 12.0. The fourth-order valence-electron chi connectivity index (χ4n) is 3.00. The number of rotatable bonds is 6. The Labute approximate surface area is 149 Å². The van der Waals surface area contributed by atoms with Gasteiger partial charge in [-0.2, -0.15) is 0 Å². The fourth-order valence-corrected chi connectivity index (χ4v) is 3.00. The van der Waals surface area contributed by atoms with Crippen molar-refractivity contribution in [1.82, 2.24) is 10.6 Å². The number of amides is 2. The summed E-state index contributed by atoms with van der Waals surface area (Å²) in [6, 6.07) is 7.84. The zero-order valence-electron chi connectivity index (χ0n) is 15.4. The highest BCUT2D eigenvalue weighted by Crippen LogP contribution is 2.24. The summed E-state index contributed by atoms with van der Waals surface area (Å²) in [4.78, 5) is 26.1. The van der Waals surface area contributed by atoms with E-state index in [2.05, 4.69) is 34.1 Å². The second-order valence-corrected chi connectivity index (χ2v) is 6.85. The van der Waals surface area contributed by atoms with Crippen LogP contribution in [0.1, 0.15) is 43.5 Å². The molecule has 2 N–H and O–H groups in total. The molecule has 1 fully saturated rings. The van der Waals surface area contributed by atoms with Crippen LogP contribution < -0.4 is 15.5 Å². The maximum Gasteiger partial charge on any atom is 0.407 e. The Morgan fingerprint density at radius 3 is 2.56 bits per heavy atom. The van der Waals surface area contributed by atoms with Gasteiger partial charge in [-0.05, 0) is 37.3 Å². The van der Waals surface area contributed by atoms with Crippen molar-refractivity contribution in [1.29, 1.82) is 0 Å². The lowest BCUT2D eigenvalue weighted by Gasteiger charge is -2.34. The third-order valence-electron chi connectivity index (χ3n) is 4.50. The lowest BCUT2D eigenvalue weighted by Crippen LogP contribution is -2.45. The number of carbonyl (C=O) groups is 2. The smallest absolute Gasteiger partial charge is 0.407 e. The number of alkyl carbamates (subject to hydrolysis) is 1. The molecule has 0 radical (unpaired) electrons. The predicted molar refractivity (Wildman–Crippen MR) is 99.0 cm³/mol. The molecule has 0 unspecified atom stereocenters. The molecule has 0 aromatic heterocycles. The van der Waals surface area contributed by atoms with Crippen LogP contribution in [-0.4, -0.2) is 44.8 Å². The monoisotopic (exact) mass is 347 g/mol. The van der Waals surface area contributed by atoms with Crippen molar-refractivity contribution in [2.24, 2.45) is 5.92 Å². The van der Waals surface area contributed by atoms with Gasteiger partial charge in [0, 0.05) is 31.4 Å². The molecule has 138 valence electrons. The number of ether oxygens (including phenoxy) is 1. The molecule has 6 heteroatoms. The van der Waals surface area contributed by atoms with Gasteiger partial charge >= 0.3 is 6.09 Å². The third kappa shape index (κ3) is 5.66. The normalized spacial score (nSPS) is 15.1. The molecule has 0 spiro atoms. The number of carbonyl (C=O) groups excluding carboxylic acids is 2. The van der Waals surface area contributed by atoms with Gasteiger partial charge in [0.15, 0.2) is 0 Å². The average molecular weight is 347 g/mol. The van der Waals surface area contributed by atoms with Crippen molar-refractivity contribution in [2.45, 2.75) is 39.2 Å². The Hall–Kier alpha value is -2.24. The standard InChI is InChI=1S/C19H29N3O3/c1-14(2)8-11-20-18(23)16-6-4-5-7-17(16)22-12-9-15(10-13-22)21-19(24)25-3/h4-7,14-15H,8-13H2,1-3H3,(H,20,23)(H,21,24). The molecule has 1 aromatic rings. The molecular weight excluding hydrogens is 318 g/mol. The van der Waals surface area contributed by atoms with E-state index in [4.69, 9.17) is 0 Å². The topological polar surface area (TPSA) is 70.7 Å². The largest absolute Gasteiger partial charge is 0.453 e. The summed E-state index contributed by atoms with van der Waals surface area (Å²) in [5.74, 6) is 0.544. The molecule has 2 rings (SSSR count). The molecular formula is C19H29N3O3. The van der Waals surface area contributed by atoms with Crippen LogP contribution in [0.5, 0.6) is 0 Å². The summed E-state index contributed by atoms with van der Waals surface area (Å²) in [6.07, 6.45) is 2.25. The van der Waals surface area contributed by atoms with Gasteiger partial charge in [0.2, 0.25) is 0 Å². The molecule has 25 heavy (non-hydrogen) atoms. The van der Waals surface area contributed by atoms with Crippen molar-refractivity contribution < 1.29 is 14.3 Å². The number of hydrogen-bond donors (Lipinski definition) is 2. The van der Waals surface area contributed by atoms with Gasteiger partial charge < -0.3 is 20.3 Å². The van der Waals surface area contributed by atoms with E-state index < -0.39 is 0 Å². The van der Waals surface area contributed by atoms with Crippen LogP contribution in [0.3, 0.4) is 0 Å². The van der Waals surface area contributed by atoms with E-state index in [1.165, 1.54) is 7.11 Å². The Balaban J connectivity index is 1.96. The highest BCUT2D eigenvalue weighted by molar-refractivity contribution is 5.99. The number of nitrogens with zero attached hydrogens (tertiary/aromatic N) is 1. The van der Waals surface area contributed by atoms with E-state index in [1.54, 1.807) is 0 Å². The van der Waals surface area contributed by atoms with Crippen LogP contribution in [0.25, 0.3) is 0 Å². The van der Waals surface area contributed by atoms with Crippen molar-refractivity contribution in [3.05, 3.63) is 29.8 Å². The van der Waals surface area contributed by atoms with Crippen LogP contribution in [0, 0.1) is 5.92 Å². The van der Waals surface area contributed by atoms with E-state index in [9.17, 15) is 9.59 Å². The van der Waals surface area contributed by atoms with Crippen LogP contribution in [0.15, 0.2) is 24.3 Å². The minimum Gasteiger partial charge on any atom is -0.453 e. The van der Waals surface area contributed by atoms with Crippen LogP contribution >= 0.6 is 0 Å². The zero-order valence-corrected chi connectivity index (χ0v) is 15.4. The predicted octanol–water partition coefficient (Wildman–Crippen LogP) is 2.79. The third-order valence-corrected chi connectivity index (χ3v) is 4.50. The molecule has 6 nitrogen and oxygen atoms in total. The van der Waals surface area contributed by atoms with E-state index in [0.29, 0.717) is 18.0 Å². The number of methoxy groups -OCH3 is 1. The van der Waals surface area contributed by atoms with Crippen molar-refractivity contribution in [3.63, 3.8) is 0 Å². The molecule has 0 saturated carbocycles. The molecule has 1 aliphatic rings. The quantitative estimate of drug-likeness (QED) is 0.830. The number of para-hydroxylation sites is 1. The zero-order chi connectivity index (χ0) is 18.2. The highest BCUT2D eigenvalue weighted by atomic mass is 16.5. The minimum atomic E-state index is -0.386. The van der Waals surface area contributed by atoms with Gasteiger partial charge in [0.05, 0.1) is 12.7 Å². The van der Waals surface area contributed by atoms with Gasteiger partial charge in [-0.15, -0.1) is 0 Å². The maximum absolute atomic E-state index is 12.5. The molecule has 0 bridgehead atoms. The molecule has 1 aliphatic heterocycles. The SMILES string of the molecule is COC(=O)NC1CCN(c2ccccc2C(=O)NCCC(C)C)CC1. The summed E-state index contributed by atoms with van der Waals surface area (Å²) in [5, 5.41) is 5.86. The van der Waals surface area contributed by atoms with E-state index in [0.717, 1.165) is 38.0 Å². The average Bonchev–Trinajstić information content (AvgIpc) is 2.62. The molecule has 0 atom stereocenters. The number of anilines is 1. The summed E-state index contributed by atoms with van der Waals surface area (Å²) in [6.45, 7) is 6.57. The Bertz CT molecular complexity index is 581.